The lowest BCUT2D eigenvalue weighted by Crippen LogP contribution is -2.62. The third-order valence-corrected chi connectivity index (χ3v) is 10.6. The van der Waals surface area contributed by atoms with Crippen LogP contribution in [-0.2, 0) is 14.4 Å². The highest BCUT2D eigenvalue weighted by Crippen LogP contribution is 2.23. The summed E-state index contributed by atoms with van der Waals surface area (Å²) >= 11 is 0. The molecule has 4 saturated heterocycles. The highest BCUT2D eigenvalue weighted by Gasteiger charge is 2.38. The van der Waals surface area contributed by atoms with Crippen LogP contribution in [0.2, 0.25) is 0 Å². The van der Waals surface area contributed by atoms with Crippen molar-refractivity contribution in [2.45, 2.75) is 75.8 Å². The number of nitrogens with zero attached hydrogens (tertiary/aromatic N) is 1. The van der Waals surface area contributed by atoms with Gasteiger partial charge < -0.3 is 63.2 Å². The second-order valence-electron chi connectivity index (χ2n) is 15.5. The van der Waals surface area contributed by atoms with E-state index in [0.717, 1.165) is 71.7 Å². The molecule has 0 saturated carbocycles. The van der Waals surface area contributed by atoms with Gasteiger partial charge in [0.2, 0.25) is 5.91 Å². The van der Waals surface area contributed by atoms with E-state index in [9.17, 15) is 29.2 Å². The summed E-state index contributed by atoms with van der Waals surface area (Å²) in [5.74, 6) is -1.12. The smallest absolute Gasteiger partial charge is 0.426 e. The first kappa shape index (κ1) is 43.7. The van der Waals surface area contributed by atoms with Gasteiger partial charge in [0.15, 0.2) is 5.78 Å². The van der Waals surface area contributed by atoms with Gasteiger partial charge in [0.25, 0.3) is 5.91 Å². The van der Waals surface area contributed by atoms with Crippen molar-refractivity contribution in [3.63, 3.8) is 0 Å². The summed E-state index contributed by atoms with van der Waals surface area (Å²) < 4.78 is 0. The molecule has 0 aliphatic carbocycles. The molecule has 16 nitrogen and oxygen atoms in total. The molecule has 302 valence electrons. The summed E-state index contributed by atoms with van der Waals surface area (Å²) in [6, 6.07) is 5.84. The Kier molecular flexibility index (Phi) is 18.2. The predicted octanol–water partition coefficient (Wildman–Crippen LogP) is -2.05. The summed E-state index contributed by atoms with van der Waals surface area (Å²) in [5.41, 5.74) is 7.13. The molecule has 0 radical (unpaired) electrons. The normalized spacial score (nSPS) is 25.3. The van der Waals surface area contributed by atoms with Gasteiger partial charge in [-0.1, -0.05) is 6.42 Å². The van der Waals surface area contributed by atoms with Crippen molar-refractivity contribution < 1.29 is 29.2 Å². The summed E-state index contributed by atoms with van der Waals surface area (Å²) in [7, 11) is -1.61. The van der Waals surface area contributed by atoms with Crippen LogP contribution >= 0.6 is 0 Å². The molecule has 4 aliphatic heterocycles. The van der Waals surface area contributed by atoms with Crippen LogP contribution in [0.25, 0.3) is 0 Å². The number of fused-ring (bicyclic) bond motifs is 15. The minimum atomic E-state index is -1.61. The highest BCUT2D eigenvalue weighted by atomic mass is 16.4. The Morgan fingerprint density at radius 2 is 1.33 bits per heavy atom. The lowest BCUT2D eigenvalue weighted by Gasteiger charge is -2.36. The first-order valence-electron chi connectivity index (χ1n) is 19.9. The Hall–Kier alpha value is -3.00. The number of nitrogens with one attached hydrogen (secondary N) is 8. The average molecular weight is 757 g/mol. The number of hydrogen-bond acceptors (Lipinski definition) is 14. The molecule has 54 heavy (non-hydrogen) atoms. The van der Waals surface area contributed by atoms with Gasteiger partial charge in [0, 0.05) is 121 Å². The SMILES string of the molecule is C[C@@H](NC(=O)c1ccc(NCC(=O)CCCCCC(=O)CC23CNCCNCC(N)(CNCCNC2)CNCCNC3)cc1)C(=O)N1CCC[C@H]1B(O)O. The summed E-state index contributed by atoms with van der Waals surface area (Å²) in [6.07, 6.45) is 4.84. The summed E-state index contributed by atoms with van der Waals surface area (Å²) in [6.45, 7) is 11.2. The molecule has 2 amide bonds. The van der Waals surface area contributed by atoms with E-state index in [-0.39, 0.29) is 35.0 Å². The number of anilines is 1. The number of likely N-dealkylation sites (tertiary alicyclic amines) is 1. The first-order chi connectivity index (χ1) is 26.0. The first-order valence-corrected chi connectivity index (χ1v) is 19.9. The van der Waals surface area contributed by atoms with E-state index in [0.29, 0.717) is 76.0 Å². The lowest BCUT2D eigenvalue weighted by molar-refractivity contribution is -0.132. The number of amides is 2. The van der Waals surface area contributed by atoms with E-state index in [4.69, 9.17) is 5.73 Å². The van der Waals surface area contributed by atoms with Crippen LogP contribution in [0.1, 0.15) is 68.6 Å². The van der Waals surface area contributed by atoms with Crippen LogP contribution in [0.5, 0.6) is 0 Å². The Bertz CT molecular complexity index is 1300. The van der Waals surface area contributed by atoms with Crippen LogP contribution in [0, 0.1) is 5.41 Å². The van der Waals surface area contributed by atoms with Crippen molar-refractivity contribution in [3.05, 3.63) is 29.8 Å². The molecule has 0 spiro atoms. The molecule has 4 fully saturated rings. The number of hydrogen-bond donors (Lipinski definition) is 11. The van der Waals surface area contributed by atoms with E-state index < -0.39 is 25.0 Å². The van der Waals surface area contributed by atoms with E-state index in [1.807, 2.05) is 0 Å². The third-order valence-electron chi connectivity index (χ3n) is 10.6. The van der Waals surface area contributed by atoms with Gasteiger partial charge in [-0.2, -0.15) is 0 Å². The Morgan fingerprint density at radius 1 is 0.815 bits per heavy atom. The zero-order valence-electron chi connectivity index (χ0n) is 32.1. The number of carbonyl (C=O) groups excluding carboxylic acids is 4. The molecule has 1 aromatic carbocycles. The molecule has 4 heterocycles. The number of nitrogens with two attached hydrogens (primary N) is 1. The van der Waals surface area contributed by atoms with Crippen molar-refractivity contribution in [2.24, 2.45) is 11.1 Å². The number of ketones is 2. The van der Waals surface area contributed by atoms with Crippen LogP contribution in [-0.4, -0.2) is 155 Å². The van der Waals surface area contributed by atoms with Gasteiger partial charge in [-0.3, -0.25) is 19.2 Å². The van der Waals surface area contributed by atoms with Gasteiger partial charge in [-0.05, 0) is 56.9 Å². The van der Waals surface area contributed by atoms with E-state index in [2.05, 4.69) is 42.5 Å². The number of rotatable bonds is 15. The van der Waals surface area contributed by atoms with Crippen LogP contribution in [0.3, 0.4) is 0 Å². The second kappa shape index (κ2) is 22.5. The topological polar surface area (TPSA) is 234 Å². The van der Waals surface area contributed by atoms with Crippen molar-refractivity contribution in [2.75, 3.05) is 96.9 Å². The molecule has 1 aromatic rings. The van der Waals surface area contributed by atoms with Crippen molar-refractivity contribution in [3.8, 4) is 0 Å². The molecule has 2 bridgehead atoms. The highest BCUT2D eigenvalue weighted by molar-refractivity contribution is 6.43. The van der Waals surface area contributed by atoms with Gasteiger partial charge in [0.1, 0.15) is 11.8 Å². The number of carbonyl (C=O) groups is 4. The fourth-order valence-electron chi connectivity index (χ4n) is 7.49. The largest absolute Gasteiger partial charge is 0.475 e. The van der Waals surface area contributed by atoms with E-state index >= 15 is 0 Å². The monoisotopic (exact) mass is 757 g/mol. The Labute approximate surface area is 320 Å². The van der Waals surface area contributed by atoms with Crippen molar-refractivity contribution >= 4 is 36.2 Å². The maximum absolute atomic E-state index is 13.3. The molecule has 0 aromatic heterocycles. The average Bonchev–Trinajstić information content (AvgIpc) is 3.65. The van der Waals surface area contributed by atoms with Crippen molar-refractivity contribution in [1.29, 1.82) is 0 Å². The van der Waals surface area contributed by atoms with Gasteiger partial charge in [-0.25, -0.2) is 0 Å². The van der Waals surface area contributed by atoms with E-state index in [1.54, 1.807) is 31.2 Å². The third kappa shape index (κ3) is 14.6. The molecule has 12 N–H and O–H groups in total. The maximum Gasteiger partial charge on any atom is 0.475 e. The standard InChI is InChI=1S/C37H65BN10O6/c1-28(35(52)48-19-5-8-33(48)38(53)54)47-34(51)29-9-11-30(12-10-29)46-21-32(50)7-4-2-3-6-31(49)20-36-22-40-13-16-43-25-37(39,26-44-17-14-41-23-36)27-45-18-15-42-24-36/h9-12,28,33,40-46,53-54H,2-8,13-27,39H2,1H3,(H,47,51)/t28-,33+,36?,37?/m1/s1. The molecule has 2 atom stereocenters. The van der Waals surface area contributed by atoms with Gasteiger partial charge in [0.05, 0.1) is 18.0 Å². The molecule has 0 unspecified atom stereocenters. The maximum atomic E-state index is 13.3. The van der Waals surface area contributed by atoms with E-state index in [1.165, 1.54) is 4.90 Å². The number of benzene rings is 1. The zero-order chi connectivity index (χ0) is 38.8. The second-order valence-corrected chi connectivity index (χ2v) is 15.5. The minimum Gasteiger partial charge on any atom is -0.426 e. The predicted molar refractivity (Wildman–Crippen MR) is 211 cm³/mol. The molecule has 17 heteroatoms. The molecule has 4 aliphatic rings. The van der Waals surface area contributed by atoms with Crippen LogP contribution < -0.4 is 48.3 Å². The quantitative estimate of drug-likeness (QED) is 0.0684. The van der Waals surface area contributed by atoms with Crippen LogP contribution in [0.4, 0.5) is 5.69 Å². The number of unbranched alkanes of at least 4 members (excludes halogenated alkanes) is 2. The lowest BCUT2D eigenvalue weighted by atomic mass is 9.78. The zero-order valence-corrected chi connectivity index (χ0v) is 32.1. The van der Waals surface area contributed by atoms with Gasteiger partial charge in [-0.15, -0.1) is 0 Å². The van der Waals surface area contributed by atoms with Gasteiger partial charge >= 0.3 is 7.12 Å². The Balaban J connectivity index is 1.15. The molecule has 5 rings (SSSR count). The molecular formula is C37H65BN10O6. The fraction of sp³-hybridized carbons (Fsp3) is 0.730. The Morgan fingerprint density at radius 3 is 1.87 bits per heavy atom. The van der Waals surface area contributed by atoms with Crippen molar-refractivity contribution in [1.82, 2.24) is 42.1 Å². The number of Topliss-reactive ketones (excluding diaryl/α,β-unsaturated/α-hetero) is 2. The van der Waals surface area contributed by atoms with Crippen LogP contribution in [0.15, 0.2) is 24.3 Å². The molecular weight excluding hydrogens is 691 g/mol. The fourth-order valence-corrected chi connectivity index (χ4v) is 7.49. The summed E-state index contributed by atoms with van der Waals surface area (Å²) in [5, 5.41) is 46.2. The summed E-state index contributed by atoms with van der Waals surface area (Å²) in [4.78, 5) is 52.9. The minimum absolute atomic E-state index is 0.0703.